The molecule has 0 heterocycles. The highest BCUT2D eigenvalue weighted by Crippen LogP contribution is 2.33. The lowest BCUT2D eigenvalue weighted by Crippen LogP contribution is -2.15. The van der Waals surface area contributed by atoms with Crippen molar-refractivity contribution >= 4 is 28.8 Å². The molecule has 2 aromatic carbocycles. The quantitative estimate of drug-likeness (QED) is 0.158. The largest absolute Gasteiger partial charge is 0.382 e. The molecule has 184 valence electrons. The summed E-state index contributed by atoms with van der Waals surface area (Å²) >= 11 is 2.02. The molecule has 2 N–H and O–H groups in total. The normalized spacial score (nSPS) is 12.0. The van der Waals surface area contributed by atoms with Gasteiger partial charge in [0.1, 0.15) is 0 Å². The molecule has 0 saturated carbocycles. The summed E-state index contributed by atoms with van der Waals surface area (Å²) in [6.07, 6.45) is 17.6. The Labute approximate surface area is 208 Å². The van der Waals surface area contributed by atoms with Gasteiger partial charge in [0.05, 0.1) is 0 Å². The van der Waals surface area contributed by atoms with Crippen molar-refractivity contribution < 1.29 is 0 Å². The Morgan fingerprint density at radius 3 is 2.03 bits per heavy atom. The van der Waals surface area contributed by atoms with Gasteiger partial charge in [-0.3, -0.25) is 0 Å². The molecule has 0 fully saturated rings. The summed E-state index contributed by atoms with van der Waals surface area (Å²) < 4.78 is 0. The lowest BCUT2D eigenvalue weighted by Gasteiger charge is -2.19. The Hall–Kier alpha value is -1.61. The average Bonchev–Trinajstić information content (AvgIpc) is 2.83. The van der Waals surface area contributed by atoms with Crippen LogP contribution in [0, 0.1) is 0 Å². The molecule has 2 nitrogen and oxygen atoms in total. The van der Waals surface area contributed by atoms with Crippen LogP contribution in [0.4, 0.5) is 17.1 Å². The summed E-state index contributed by atoms with van der Waals surface area (Å²) in [6, 6.07) is 17.8. The first kappa shape index (κ1) is 27.6. The van der Waals surface area contributed by atoms with Crippen molar-refractivity contribution in [3.05, 3.63) is 48.5 Å². The number of hydrogen-bond donors (Lipinski definition) is 2. The first-order valence-corrected chi connectivity index (χ1v) is 14.6. The molecule has 0 aliphatic rings. The van der Waals surface area contributed by atoms with Crippen molar-refractivity contribution in [1.29, 1.82) is 0 Å². The summed E-state index contributed by atoms with van der Waals surface area (Å²) in [6.45, 7) is 6.90. The fourth-order valence-corrected chi connectivity index (χ4v) is 5.22. The van der Waals surface area contributed by atoms with E-state index in [1.54, 1.807) is 0 Å². The Bertz CT molecular complexity index is 731. The molecule has 3 heteroatoms. The fraction of sp³-hybridized carbons (Fsp3) is 0.600. The van der Waals surface area contributed by atoms with Crippen LogP contribution in [0.1, 0.15) is 104 Å². The van der Waals surface area contributed by atoms with Gasteiger partial charge in [-0.2, -0.15) is 0 Å². The molecule has 2 aromatic rings. The predicted molar refractivity (Wildman–Crippen MR) is 151 cm³/mol. The van der Waals surface area contributed by atoms with Gasteiger partial charge in [-0.15, -0.1) is 11.8 Å². The average molecular weight is 469 g/mol. The van der Waals surface area contributed by atoms with Gasteiger partial charge in [0.2, 0.25) is 0 Å². The van der Waals surface area contributed by atoms with E-state index >= 15 is 0 Å². The second kappa shape index (κ2) is 17.8. The molecular formula is C30H48N2S. The van der Waals surface area contributed by atoms with Crippen LogP contribution < -0.4 is 10.6 Å². The molecule has 2 rings (SSSR count). The van der Waals surface area contributed by atoms with Gasteiger partial charge in [-0.25, -0.2) is 0 Å². The maximum atomic E-state index is 3.81. The number of benzene rings is 2. The molecule has 0 saturated heterocycles. The van der Waals surface area contributed by atoms with E-state index in [4.69, 9.17) is 0 Å². The van der Waals surface area contributed by atoms with Crippen LogP contribution in [0.2, 0.25) is 0 Å². The van der Waals surface area contributed by atoms with Crippen LogP contribution in [0.15, 0.2) is 53.4 Å². The zero-order valence-corrected chi connectivity index (χ0v) is 22.3. The van der Waals surface area contributed by atoms with Crippen LogP contribution >= 0.6 is 11.8 Å². The molecule has 0 amide bonds. The number of anilines is 3. The van der Waals surface area contributed by atoms with E-state index in [2.05, 4.69) is 79.9 Å². The molecule has 1 atom stereocenters. The smallest absolute Gasteiger partial charge is 0.0481 e. The van der Waals surface area contributed by atoms with Crippen molar-refractivity contribution in [2.24, 2.45) is 0 Å². The monoisotopic (exact) mass is 468 g/mol. The van der Waals surface area contributed by atoms with Gasteiger partial charge in [-0.1, -0.05) is 103 Å². The lowest BCUT2D eigenvalue weighted by atomic mass is 10.1. The summed E-state index contributed by atoms with van der Waals surface area (Å²) in [5.74, 6) is 1.20. The van der Waals surface area contributed by atoms with Gasteiger partial charge in [-0.05, 0) is 55.9 Å². The van der Waals surface area contributed by atoms with E-state index in [0.717, 1.165) is 5.69 Å². The van der Waals surface area contributed by atoms with Crippen LogP contribution in [-0.4, -0.2) is 11.8 Å². The van der Waals surface area contributed by atoms with Gasteiger partial charge in [0, 0.05) is 28.0 Å². The molecule has 0 aliphatic heterocycles. The second-order valence-electron chi connectivity index (χ2n) is 9.42. The topological polar surface area (TPSA) is 24.1 Å². The Kier molecular flexibility index (Phi) is 14.9. The summed E-state index contributed by atoms with van der Waals surface area (Å²) in [4.78, 5) is 1.37. The maximum Gasteiger partial charge on any atom is 0.0481 e. The molecule has 1 unspecified atom stereocenters. The molecule has 0 radical (unpaired) electrons. The van der Waals surface area contributed by atoms with Crippen LogP contribution in [0.3, 0.4) is 0 Å². The first-order valence-electron chi connectivity index (χ1n) is 13.6. The third kappa shape index (κ3) is 12.4. The maximum absolute atomic E-state index is 3.81. The van der Waals surface area contributed by atoms with Crippen molar-refractivity contribution in [3.63, 3.8) is 0 Å². The highest BCUT2D eigenvalue weighted by Gasteiger charge is 2.09. The van der Waals surface area contributed by atoms with Crippen LogP contribution in [-0.2, 0) is 0 Å². The number of rotatable bonds is 19. The van der Waals surface area contributed by atoms with Crippen LogP contribution in [0.5, 0.6) is 0 Å². The van der Waals surface area contributed by atoms with Gasteiger partial charge < -0.3 is 10.6 Å². The lowest BCUT2D eigenvalue weighted by molar-refractivity contribution is 0.586. The fourth-order valence-electron chi connectivity index (χ4n) is 4.16. The molecule has 0 aromatic heterocycles. The minimum atomic E-state index is 0.511. The Balaban J connectivity index is 1.88. The van der Waals surface area contributed by atoms with Crippen molar-refractivity contribution in [2.45, 2.75) is 115 Å². The van der Waals surface area contributed by atoms with E-state index in [1.807, 2.05) is 11.8 Å². The van der Waals surface area contributed by atoms with Gasteiger partial charge >= 0.3 is 0 Å². The number of para-hydroxylation sites is 1. The van der Waals surface area contributed by atoms with Crippen molar-refractivity contribution in [1.82, 2.24) is 0 Å². The molecular weight excluding hydrogens is 420 g/mol. The minimum Gasteiger partial charge on any atom is -0.382 e. The summed E-state index contributed by atoms with van der Waals surface area (Å²) in [5.41, 5.74) is 3.60. The van der Waals surface area contributed by atoms with Crippen molar-refractivity contribution in [3.8, 4) is 0 Å². The van der Waals surface area contributed by atoms with Crippen LogP contribution in [0.25, 0.3) is 0 Å². The third-order valence-corrected chi connectivity index (χ3v) is 7.33. The van der Waals surface area contributed by atoms with E-state index in [-0.39, 0.29) is 0 Å². The van der Waals surface area contributed by atoms with E-state index in [0.29, 0.717) is 6.04 Å². The standard InChI is InChI=1S/C30H48N2S/c1-4-6-8-10-11-12-13-18-24-33-30-25-28(32-27-20-16-14-17-21-27)22-23-29(30)31-26(3)19-15-9-7-5-2/h14,16-17,20-23,25-26,31-32H,4-13,15,18-19,24H2,1-3H3. The van der Waals surface area contributed by atoms with E-state index in [9.17, 15) is 0 Å². The molecule has 0 spiro atoms. The summed E-state index contributed by atoms with van der Waals surface area (Å²) in [7, 11) is 0. The number of unbranched alkanes of at least 4 members (excludes halogenated alkanes) is 10. The van der Waals surface area contributed by atoms with Gasteiger partial charge in [0.25, 0.3) is 0 Å². The summed E-state index contributed by atoms with van der Waals surface area (Å²) in [5, 5.41) is 7.38. The van der Waals surface area contributed by atoms with E-state index in [1.165, 1.54) is 105 Å². The zero-order chi connectivity index (χ0) is 23.6. The number of nitrogens with one attached hydrogen (secondary N) is 2. The van der Waals surface area contributed by atoms with E-state index < -0.39 is 0 Å². The minimum absolute atomic E-state index is 0.511. The molecule has 33 heavy (non-hydrogen) atoms. The number of hydrogen-bond acceptors (Lipinski definition) is 3. The Morgan fingerprint density at radius 2 is 1.33 bits per heavy atom. The first-order chi connectivity index (χ1) is 16.2. The zero-order valence-electron chi connectivity index (χ0n) is 21.5. The highest BCUT2D eigenvalue weighted by atomic mass is 32.2. The molecule has 0 aliphatic carbocycles. The van der Waals surface area contributed by atoms with Gasteiger partial charge in [0.15, 0.2) is 0 Å². The highest BCUT2D eigenvalue weighted by molar-refractivity contribution is 7.99. The number of thioether (sulfide) groups is 1. The van der Waals surface area contributed by atoms with Crippen molar-refractivity contribution in [2.75, 3.05) is 16.4 Å². The Morgan fingerprint density at radius 1 is 0.697 bits per heavy atom. The SMILES string of the molecule is CCCCCCCCCCSc1cc(Nc2ccccc2)ccc1NC(C)CCCCCC. The third-order valence-electron chi connectivity index (χ3n) is 6.19. The second-order valence-corrected chi connectivity index (χ2v) is 10.6. The predicted octanol–water partition coefficient (Wildman–Crippen LogP) is 10.4. The molecule has 0 bridgehead atoms.